The third kappa shape index (κ3) is 3.20. The molecule has 0 amide bonds. The first-order valence-corrected chi connectivity index (χ1v) is 7.32. The molecule has 0 bridgehead atoms. The van der Waals surface area contributed by atoms with E-state index in [1.54, 1.807) is 6.20 Å². The number of anilines is 1. The van der Waals surface area contributed by atoms with E-state index >= 15 is 0 Å². The van der Waals surface area contributed by atoms with E-state index < -0.39 is 0 Å². The van der Waals surface area contributed by atoms with Crippen LogP contribution < -0.4 is 16.2 Å². The molecule has 1 aromatic rings. The van der Waals surface area contributed by atoms with Crippen LogP contribution in [0.4, 0.5) is 5.69 Å². The molecule has 0 saturated carbocycles. The minimum Gasteiger partial charge on any atom is -0.394 e. The first kappa shape index (κ1) is 15.4. The summed E-state index contributed by atoms with van der Waals surface area (Å²) < 4.78 is 7.29. The van der Waals surface area contributed by atoms with Crippen LogP contribution in [0.25, 0.3) is 0 Å². The van der Waals surface area contributed by atoms with Crippen LogP contribution >= 0.6 is 15.9 Å². The highest BCUT2D eigenvalue weighted by atomic mass is 79.9. The molecule has 0 spiro atoms. The summed E-state index contributed by atoms with van der Waals surface area (Å²) in [4.78, 5) is 14.1. The molecule has 2 heterocycles. The van der Waals surface area contributed by atoms with Crippen LogP contribution in [-0.2, 0) is 11.3 Å². The van der Waals surface area contributed by atoms with E-state index in [-0.39, 0.29) is 30.9 Å². The number of hydrogen-bond acceptors (Lipinski definition) is 6. The maximum atomic E-state index is 12.1. The van der Waals surface area contributed by atoms with Gasteiger partial charge in [-0.05, 0) is 22.9 Å². The summed E-state index contributed by atoms with van der Waals surface area (Å²) in [6, 6.07) is -0.0701. The molecular formula is C12H19BrN4O3. The molecule has 0 aliphatic carbocycles. The Labute approximate surface area is 125 Å². The van der Waals surface area contributed by atoms with Gasteiger partial charge in [0.2, 0.25) is 0 Å². The quantitative estimate of drug-likeness (QED) is 0.766. The van der Waals surface area contributed by atoms with Crippen LogP contribution in [0.15, 0.2) is 15.5 Å². The smallest absolute Gasteiger partial charge is 0.283 e. The fourth-order valence-electron chi connectivity index (χ4n) is 2.14. The molecule has 2 atom stereocenters. The Morgan fingerprint density at radius 2 is 2.45 bits per heavy atom. The van der Waals surface area contributed by atoms with Gasteiger partial charge in [-0.2, -0.15) is 5.10 Å². The Balaban J connectivity index is 2.24. The molecule has 3 N–H and O–H groups in total. The minimum atomic E-state index is -0.250. The monoisotopic (exact) mass is 346 g/mol. The van der Waals surface area contributed by atoms with Crippen molar-refractivity contribution in [1.82, 2.24) is 9.78 Å². The molecule has 2 unspecified atom stereocenters. The summed E-state index contributed by atoms with van der Waals surface area (Å²) in [5, 5.41) is 13.0. The second-order valence-electron chi connectivity index (χ2n) is 4.81. The Morgan fingerprint density at radius 3 is 3.10 bits per heavy atom. The van der Waals surface area contributed by atoms with Gasteiger partial charge in [0.1, 0.15) is 4.47 Å². The second-order valence-corrected chi connectivity index (χ2v) is 5.60. The van der Waals surface area contributed by atoms with Crippen LogP contribution in [0.2, 0.25) is 0 Å². The predicted octanol–water partition coefficient (Wildman–Crippen LogP) is -0.450. The minimum absolute atomic E-state index is 0.0597. The van der Waals surface area contributed by atoms with Crippen molar-refractivity contribution in [1.29, 1.82) is 0 Å². The lowest BCUT2D eigenvalue weighted by Gasteiger charge is -2.36. The number of morpholine rings is 1. The van der Waals surface area contributed by atoms with E-state index in [4.69, 9.17) is 15.6 Å². The zero-order chi connectivity index (χ0) is 14.7. The number of nitrogens with zero attached hydrogens (tertiary/aromatic N) is 3. The highest BCUT2D eigenvalue weighted by Crippen LogP contribution is 2.24. The summed E-state index contributed by atoms with van der Waals surface area (Å²) in [5.41, 5.74) is 6.35. The summed E-state index contributed by atoms with van der Waals surface area (Å²) in [6.45, 7) is 3.85. The molecule has 1 saturated heterocycles. The van der Waals surface area contributed by atoms with Crippen LogP contribution in [0.5, 0.6) is 0 Å². The number of ether oxygens (including phenoxy) is 1. The largest absolute Gasteiger partial charge is 0.394 e. The molecule has 2 rings (SSSR count). The Kier molecular flexibility index (Phi) is 5.14. The molecule has 7 nitrogen and oxygen atoms in total. The first-order chi connectivity index (χ1) is 9.54. The van der Waals surface area contributed by atoms with Crippen LogP contribution in [0.3, 0.4) is 0 Å². The standard InChI is InChI=1S/C12H19BrN4O3/c1-8(14)10-7-16(3-5-20-10)9-6-15-17(2-4-18)12(19)11(9)13/h6,8,10,18H,2-5,7,14H2,1H3. The molecule has 1 aliphatic heterocycles. The van der Waals surface area contributed by atoms with Crippen molar-refractivity contribution >= 4 is 21.6 Å². The van der Waals surface area contributed by atoms with Gasteiger partial charge in [-0.3, -0.25) is 4.79 Å². The number of aliphatic hydroxyl groups excluding tert-OH is 1. The fraction of sp³-hybridized carbons (Fsp3) is 0.667. The molecule has 1 aliphatic rings. The van der Waals surface area contributed by atoms with Gasteiger partial charge in [0.25, 0.3) is 5.56 Å². The van der Waals surface area contributed by atoms with E-state index in [2.05, 4.69) is 21.0 Å². The lowest BCUT2D eigenvalue weighted by molar-refractivity contribution is 0.0275. The van der Waals surface area contributed by atoms with Crippen LogP contribution in [-0.4, -0.2) is 53.3 Å². The van der Waals surface area contributed by atoms with Gasteiger partial charge in [-0.1, -0.05) is 0 Å². The van der Waals surface area contributed by atoms with Gasteiger partial charge in [0.15, 0.2) is 0 Å². The van der Waals surface area contributed by atoms with Crippen molar-refractivity contribution in [2.24, 2.45) is 5.73 Å². The number of aliphatic hydroxyl groups is 1. The highest BCUT2D eigenvalue weighted by Gasteiger charge is 2.25. The first-order valence-electron chi connectivity index (χ1n) is 6.53. The average Bonchev–Trinajstić information content (AvgIpc) is 2.44. The summed E-state index contributed by atoms with van der Waals surface area (Å²) in [6.07, 6.45) is 1.57. The molecule has 1 aromatic heterocycles. The van der Waals surface area contributed by atoms with Crippen molar-refractivity contribution in [3.8, 4) is 0 Å². The van der Waals surface area contributed by atoms with E-state index in [9.17, 15) is 4.79 Å². The lowest BCUT2D eigenvalue weighted by Crippen LogP contribution is -2.50. The van der Waals surface area contributed by atoms with Crippen LogP contribution in [0, 0.1) is 0 Å². The third-order valence-corrected chi connectivity index (χ3v) is 4.04. The van der Waals surface area contributed by atoms with Gasteiger partial charge in [-0.25, -0.2) is 4.68 Å². The van der Waals surface area contributed by atoms with E-state index in [1.807, 2.05) is 11.8 Å². The molecular weight excluding hydrogens is 328 g/mol. The maximum Gasteiger partial charge on any atom is 0.283 e. The molecule has 8 heteroatoms. The summed E-state index contributed by atoms with van der Waals surface area (Å²) >= 11 is 3.32. The highest BCUT2D eigenvalue weighted by molar-refractivity contribution is 9.10. The SMILES string of the molecule is CC(N)C1CN(c2cnn(CCO)c(=O)c2Br)CCO1. The summed E-state index contributed by atoms with van der Waals surface area (Å²) in [5.74, 6) is 0. The average molecular weight is 347 g/mol. The summed E-state index contributed by atoms with van der Waals surface area (Å²) in [7, 11) is 0. The second kappa shape index (κ2) is 6.66. The zero-order valence-corrected chi connectivity index (χ0v) is 12.9. The Hall–Kier alpha value is -0.960. The fourth-order valence-corrected chi connectivity index (χ4v) is 2.70. The van der Waals surface area contributed by atoms with E-state index in [1.165, 1.54) is 4.68 Å². The number of aromatic nitrogens is 2. The number of rotatable bonds is 4. The van der Waals surface area contributed by atoms with Crippen molar-refractivity contribution in [2.45, 2.75) is 25.6 Å². The van der Waals surface area contributed by atoms with Crippen LogP contribution in [0.1, 0.15) is 6.92 Å². The third-order valence-electron chi connectivity index (χ3n) is 3.30. The van der Waals surface area contributed by atoms with E-state index in [0.717, 1.165) is 5.69 Å². The predicted molar refractivity (Wildman–Crippen MR) is 78.9 cm³/mol. The van der Waals surface area contributed by atoms with Gasteiger partial charge >= 0.3 is 0 Å². The van der Waals surface area contributed by atoms with Crippen molar-refractivity contribution < 1.29 is 9.84 Å². The molecule has 20 heavy (non-hydrogen) atoms. The van der Waals surface area contributed by atoms with Gasteiger partial charge in [0, 0.05) is 19.1 Å². The lowest BCUT2D eigenvalue weighted by atomic mass is 10.1. The molecule has 0 aromatic carbocycles. The topological polar surface area (TPSA) is 93.6 Å². The molecule has 1 fully saturated rings. The number of hydrogen-bond donors (Lipinski definition) is 2. The normalized spacial score (nSPS) is 21.0. The van der Waals surface area contributed by atoms with Gasteiger partial charge in [-0.15, -0.1) is 0 Å². The van der Waals surface area contributed by atoms with Gasteiger partial charge < -0.3 is 20.5 Å². The van der Waals surface area contributed by atoms with E-state index in [0.29, 0.717) is 24.2 Å². The molecule has 0 radical (unpaired) electrons. The molecule has 112 valence electrons. The number of nitrogens with two attached hydrogens (primary N) is 1. The zero-order valence-electron chi connectivity index (χ0n) is 11.3. The maximum absolute atomic E-state index is 12.1. The number of halogens is 1. The Bertz CT molecular complexity index is 520. The van der Waals surface area contributed by atoms with Crippen molar-refractivity contribution in [2.75, 3.05) is 31.2 Å². The van der Waals surface area contributed by atoms with Crippen molar-refractivity contribution in [3.05, 3.63) is 21.0 Å². The van der Waals surface area contributed by atoms with Crippen molar-refractivity contribution in [3.63, 3.8) is 0 Å². The Morgan fingerprint density at radius 1 is 1.70 bits per heavy atom. The van der Waals surface area contributed by atoms with Gasteiger partial charge in [0.05, 0.1) is 37.7 Å².